The molecule has 0 radical (unpaired) electrons. The van der Waals surface area contributed by atoms with Gasteiger partial charge in [0.25, 0.3) is 0 Å². The van der Waals surface area contributed by atoms with E-state index in [4.69, 9.17) is 5.73 Å². The zero-order valence-corrected chi connectivity index (χ0v) is 16.7. The first kappa shape index (κ1) is 20.5. The van der Waals surface area contributed by atoms with Crippen molar-refractivity contribution in [3.05, 3.63) is 41.9 Å². The van der Waals surface area contributed by atoms with Crippen LogP contribution in [0.25, 0.3) is 10.9 Å². The topological polar surface area (TPSA) is 141 Å². The Labute approximate surface area is 167 Å². The van der Waals surface area contributed by atoms with Gasteiger partial charge < -0.3 is 20.8 Å². The monoisotopic (exact) mass is 399 g/mol. The lowest BCUT2D eigenvalue weighted by Gasteiger charge is -2.23. The molecular formula is C19H25N7O3. The van der Waals surface area contributed by atoms with E-state index in [2.05, 4.69) is 30.6 Å². The second-order valence-corrected chi connectivity index (χ2v) is 7.40. The summed E-state index contributed by atoms with van der Waals surface area (Å²) in [6.45, 7) is 3.50. The van der Waals surface area contributed by atoms with Crippen molar-refractivity contribution < 1.29 is 14.3 Å². The summed E-state index contributed by atoms with van der Waals surface area (Å²) in [7, 11) is 1.33. The number of esters is 1. The number of aryl methyl sites for hydroxylation is 1. The van der Waals surface area contributed by atoms with Crippen LogP contribution in [0.15, 0.2) is 30.5 Å². The van der Waals surface area contributed by atoms with E-state index in [9.17, 15) is 9.59 Å². The first-order valence-corrected chi connectivity index (χ1v) is 9.27. The molecule has 1 aromatic carbocycles. The molecule has 1 unspecified atom stereocenters. The van der Waals surface area contributed by atoms with Gasteiger partial charge in [0.2, 0.25) is 5.91 Å². The van der Waals surface area contributed by atoms with Crippen LogP contribution >= 0.6 is 0 Å². The van der Waals surface area contributed by atoms with Crippen LogP contribution in [0.5, 0.6) is 0 Å². The Kier molecular flexibility index (Phi) is 5.92. The first-order chi connectivity index (χ1) is 13.8. The molecule has 1 amide bonds. The normalized spacial score (nSPS) is 12.7. The van der Waals surface area contributed by atoms with Crippen molar-refractivity contribution in [3.63, 3.8) is 0 Å². The molecule has 2 aromatic heterocycles. The molecule has 3 rings (SSSR count). The highest BCUT2D eigenvalue weighted by Crippen LogP contribution is 2.24. The van der Waals surface area contributed by atoms with E-state index in [-0.39, 0.29) is 24.8 Å². The molecule has 29 heavy (non-hydrogen) atoms. The first-order valence-electron chi connectivity index (χ1n) is 9.27. The number of aromatic nitrogens is 5. The number of rotatable bonds is 8. The molecule has 0 aliphatic rings. The lowest BCUT2D eigenvalue weighted by Crippen LogP contribution is -2.50. The van der Waals surface area contributed by atoms with Gasteiger partial charge >= 0.3 is 5.97 Å². The standard InChI is InChI=1S/C19H25N7O3/c1-19(2,20)18(28)22-15(10-12-11-21-14-7-5-4-6-13(12)14)17-23-24-25-26(17)9-8-16(27)29-3/h4-7,11,15,21H,8-10,20H2,1-3H3,(H,22,28). The largest absolute Gasteiger partial charge is 0.469 e. The summed E-state index contributed by atoms with van der Waals surface area (Å²) in [6, 6.07) is 7.36. The van der Waals surface area contributed by atoms with E-state index in [1.54, 1.807) is 13.8 Å². The van der Waals surface area contributed by atoms with E-state index in [1.165, 1.54) is 11.8 Å². The molecule has 0 fully saturated rings. The Morgan fingerprint density at radius 3 is 2.83 bits per heavy atom. The summed E-state index contributed by atoms with van der Waals surface area (Å²) < 4.78 is 6.18. The average molecular weight is 399 g/mol. The average Bonchev–Trinajstić information content (AvgIpc) is 3.32. The zero-order valence-electron chi connectivity index (χ0n) is 16.7. The zero-order chi connectivity index (χ0) is 21.0. The van der Waals surface area contributed by atoms with Crippen molar-refractivity contribution in [2.24, 2.45) is 5.73 Å². The number of aromatic amines is 1. The third-order valence-corrected chi connectivity index (χ3v) is 4.62. The number of ether oxygens (including phenoxy) is 1. The van der Waals surface area contributed by atoms with Gasteiger partial charge in [0.1, 0.15) is 0 Å². The molecule has 1 atom stereocenters. The number of nitrogens with two attached hydrogens (primary N) is 1. The lowest BCUT2D eigenvalue weighted by molar-refractivity contribution is -0.141. The van der Waals surface area contributed by atoms with E-state index in [0.29, 0.717) is 12.2 Å². The van der Waals surface area contributed by atoms with Crippen LogP contribution in [0.2, 0.25) is 0 Å². The van der Waals surface area contributed by atoms with Gasteiger partial charge in [0.05, 0.1) is 31.7 Å². The molecule has 0 bridgehead atoms. The van der Waals surface area contributed by atoms with Crippen molar-refractivity contribution in [3.8, 4) is 0 Å². The number of para-hydroxylation sites is 1. The van der Waals surface area contributed by atoms with E-state index >= 15 is 0 Å². The Morgan fingerprint density at radius 2 is 2.10 bits per heavy atom. The molecule has 0 saturated carbocycles. The van der Waals surface area contributed by atoms with Crippen molar-refractivity contribution in [1.82, 2.24) is 30.5 Å². The lowest BCUT2D eigenvalue weighted by atomic mass is 10.0. The fraction of sp³-hybridized carbons (Fsp3) is 0.421. The van der Waals surface area contributed by atoms with Gasteiger partial charge in [-0.05, 0) is 35.9 Å². The summed E-state index contributed by atoms with van der Waals surface area (Å²) >= 11 is 0. The summed E-state index contributed by atoms with van der Waals surface area (Å²) in [5, 5.41) is 15.8. The number of H-pyrrole nitrogens is 1. The highest BCUT2D eigenvalue weighted by molar-refractivity contribution is 5.86. The summed E-state index contributed by atoms with van der Waals surface area (Å²) in [5.41, 5.74) is 6.89. The highest BCUT2D eigenvalue weighted by atomic mass is 16.5. The number of hydrogen-bond donors (Lipinski definition) is 3. The molecule has 0 aliphatic carbocycles. The number of amides is 1. The van der Waals surface area contributed by atoms with Crippen LogP contribution in [0.3, 0.4) is 0 Å². The summed E-state index contributed by atoms with van der Waals surface area (Å²) in [6.07, 6.45) is 2.47. The molecule has 154 valence electrons. The summed E-state index contributed by atoms with van der Waals surface area (Å²) in [5.74, 6) is -0.256. The Bertz CT molecular complexity index is 1000. The number of nitrogens with zero attached hydrogens (tertiary/aromatic N) is 4. The van der Waals surface area contributed by atoms with Gasteiger partial charge in [-0.2, -0.15) is 0 Å². The number of carbonyl (C=O) groups is 2. The Hall–Kier alpha value is -3.27. The number of tetrazole rings is 1. The van der Waals surface area contributed by atoms with Gasteiger partial charge in [0, 0.05) is 23.5 Å². The Balaban J connectivity index is 1.91. The Morgan fingerprint density at radius 1 is 1.34 bits per heavy atom. The van der Waals surface area contributed by atoms with Crippen LogP contribution < -0.4 is 11.1 Å². The molecule has 0 aliphatic heterocycles. The number of methoxy groups -OCH3 is 1. The van der Waals surface area contributed by atoms with Crippen LogP contribution in [-0.2, 0) is 27.3 Å². The second kappa shape index (κ2) is 8.39. The second-order valence-electron chi connectivity index (χ2n) is 7.40. The third kappa shape index (κ3) is 4.77. The highest BCUT2D eigenvalue weighted by Gasteiger charge is 2.29. The fourth-order valence-electron chi connectivity index (χ4n) is 2.99. The van der Waals surface area contributed by atoms with Crippen molar-refractivity contribution in [2.45, 2.75) is 44.8 Å². The maximum absolute atomic E-state index is 12.6. The van der Waals surface area contributed by atoms with Crippen LogP contribution in [0.4, 0.5) is 0 Å². The molecule has 10 heteroatoms. The van der Waals surface area contributed by atoms with Gasteiger partial charge in [0.15, 0.2) is 5.82 Å². The molecule has 3 aromatic rings. The molecule has 0 spiro atoms. The SMILES string of the molecule is COC(=O)CCn1nnnc1C(Cc1c[nH]c2ccccc12)NC(=O)C(C)(C)N. The van der Waals surface area contributed by atoms with Crippen LogP contribution in [0.1, 0.15) is 37.7 Å². The number of fused-ring (bicyclic) bond motifs is 1. The van der Waals surface area contributed by atoms with Crippen LogP contribution in [0, 0.1) is 0 Å². The van der Waals surface area contributed by atoms with Gasteiger partial charge in [-0.3, -0.25) is 9.59 Å². The minimum Gasteiger partial charge on any atom is -0.469 e. The minimum atomic E-state index is -1.07. The van der Waals surface area contributed by atoms with Crippen molar-refractivity contribution in [2.75, 3.05) is 7.11 Å². The van der Waals surface area contributed by atoms with Gasteiger partial charge in [-0.1, -0.05) is 18.2 Å². The van der Waals surface area contributed by atoms with Crippen LogP contribution in [-0.4, -0.2) is 49.7 Å². The molecule has 0 saturated heterocycles. The maximum Gasteiger partial charge on any atom is 0.307 e. The molecule has 4 N–H and O–H groups in total. The smallest absolute Gasteiger partial charge is 0.307 e. The van der Waals surface area contributed by atoms with E-state index in [1.807, 2.05) is 30.5 Å². The van der Waals surface area contributed by atoms with Gasteiger partial charge in [-0.25, -0.2) is 4.68 Å². The molecular weight excluding hydrogens is 374 g/mol. The predicted molar refractivity (Wildman–Crippen MR) is 106 cm³/mol. The quantitative estimate of drug-likeness (QED) is 0.477. The van der Waals surface area contributed by atoms with Crippen molar-refractivity contribution in [1.29, 1.82) is 0 Å². The number of hydrogen-bond acceptors (Lipinski definition) is 7. The van der Waals surface area contributed by atoms with Gasteiger partial charge in [-0.15, -0.1) is 5.10 Å². The maximum atomic E-state index is 12.6. The van der Waals surface area contributed by atoms with E-state index < -0.39 is 11.6 Å². The molecule has 2 heterocycles. The van der Waals surface area contributed by atoms with Crippen molar-refractivity contribution >= 4 is 22.8 Å². The number of carbonyl (C=O) groups excluding carboxylic acids is 2. The summed E-state index contributed by atoms with van der Waals surface area (Å²) in [4.78, 5) is 27.3. The molecule has 10 nitrogen and oxygen atoms in total. The third-order valence-electron chi connectivity index (χ3n) is 4.62. The number of benzene rings is 1. The van der Waals surface area contributed by atoms with E-state index in [0.717, 1.165) is 16.5 Å². The minimum absolute atomic E-state index is 0.116. The predicted octanol–water partition coefficient (Wildman–Crippen LogP) is 0.855. The fourth-order valence-corrected chi connectivity index (χ4v) is 2.99. The number of nitrogens with one attached hydrogen (secondary N) is 2.